The third-order valence-electron chi connectivity index (χ3n) is 1.81. The number of ether oxygens (including phenoxy) is 3. The first-order valence-electron chi connectivity index (χ1n) is 5.46. The van der Waals surface area contributed by atoms with E-state index in [2.05, 4.69) is 4.74 Å². The van der Waals surface area contributed by atoms with Crippen molar-refractivity contribution < 1.29 is 39.4 Å². The van der Waals surface area contributed by atoms with Gasteiger partial charge in [-0.25, -0.2) is 0 Å². The highest BCUT2D eigenvalue weighted by molar-refractivity contribution is 5.36. The third kappa shape index (κ3) is 10.4. The Morgan fingerprint density at radius 1 is 0.833 bits per heavy atom. The molecule has 0 saturated heterocycles. The summed E-state index contributed by atoms with van der Waals surface area (Å²) in [6, 6.07) is 0. The molecule has 0 aromatic heterocycles. The number of aliphatic hydroxyl groups excluding tert-OH is 4. The molecule has 0 aliphatic rings. The van der Waals surface area contributed by atoms with Crippen molar-refractivity contribution in [2.75, 3.05) is 39.6 Å². The summed E-state index contributed by atoms with van der Waals surface area (Å²) >= 11 is 0. The van der Waals surface area contributed by atoms with E-state index >= 15 is 0 Å². The summed E-state index contributed by atoms with van der Waals surface area (Å²) in [5, 5.41) is 36.0. The van der Waals surface area contributed by atoms with Gasteiger partial charge in [-0.15, -0.1) is 0 Å². The summed E-state index contributed by atoms with van der Waals surface area (Å²) in [6.07, 6.45) is -2.82. The predicted molar refractivity (Wildman–Crippen MR) is 58.8 cm³/mol. The van der Waals surface area contributed by atoms with Crippen LogP contribution in [0.15, 0.2) is 0 Å². The molecular weight excluding hydrogens is 248 g/mol. The minimum absolute atomic E-state index is 0.0575. The van der Waals surface area contributed by atoms with E-state index in [1.165, 1.54) is 0 Å². The fourth-order valence-corrected chi connectivity index (χ4v) is 0.980. The number of rotatable bonds is 12. The van der Waals surface area contributed by atoms with Gasteiger partial charge in [-0.3, -0.25) is 4.79 Å². The van der Waals surface area contributed by atoms with Crippen LogP contribution >= 0.6 is 0 Å². The summed E-state index contributed by atoms with van der Waals surface area (Å²) in [5.41, 5.74) is 0. The van der Waals surface area contributed by atoms with Crippen LogP contribution in [0.2, 0.25) is 0 Å². The number of hydrogen-bond donors (Lipinski definition) is 4. The molecule has 18 heavy (non-hydrogen) atoms. The van der Waals surface area contributed by atoms with Crippen molar-refractivity contribution in [3.8, 4) is 0 Å². The Hall–Kier alpha value is -0.770. The average Bonchev–Trinajstić information content (AvgIpc) is 2.36. The normalized spacial score (nSPS) is 16.0. The summed E-state index contributed by atoms with van der Waals surface area (Å²) in [5.74, 6) is 0. The molecule has 0 amide bonds. The van der Waals surface area contributed by atoms with Gasteiger partial charge in [0, 0.05) is 0 Å². The number of carbonyl (C=O) groups is 1. The molecule has 4 N–H and O–H groups in total. The molecule has 0 radical (unpaired) electrons. The Kier molecular flexibility index (Phi) is 10.8. The SMILES string of the molecule is O=COCC(O)COCC(O)COCC(O)CO. The second-order valence-corrected chi connectivity index (χ2v) is 3.65. The Morgan fingerprint density at radius 3 is 1.72 bits per heavy atom. The van der Waals surface area contributed by atoms with Crippen molar-refractivity contribution >= 4 is 6.47 Å². The van der Waals surface area contributed by atoms with Gasteiger partial charge in [0.1, 0.15) is 24.9 Å². The van der Waals surface area contributed by atoms with Crippen LogP contribution in [0.5, 0.6) is 0 Å². The van der Waals surface area contributed by atoms with E-state index in [1.54, 1.807) is 0 Å². The first-order chi connectivity index (χ1) is 8.60. The fraction of sp³-hybridized carbons (Fsp3) is 0.900. The second-order valence-electron chi connectivity index (χ2n) is 3.65. The van der Waals surface area contributed by atoms with Gasteiger partial charge in [0.05, 0.1) is 33.0 Å². The van der Waals surface area contributed by atoms with Crippen molar-refractivity contribution in [1.29, 1.82) is 0 Å². The largest absolute Gasteiger partial charge is 0.465 e. The Labute approximate surface area is 105 Å². The molecule has 108 valence electrons. The predicted octanol–water partition coefficient (Wildman–Crippen LogP) is -2.73. The lowest BCUT2D eigenvalue weighted by molar-refractivity contribution is -0.133. The lowest BCUT2D eigenvalue weighted by Crippen LogP contribution is -2.29. The van der Waals surface area contributed by atoms with Crippen molar-refractivity contribution in [3.63, 3.8) is 0 Å². The summed E-state index contributed by atoms with van der Waals surface area (Å²) in [4.78, 5) is 9.82. The summed E-state index contributed by atoms with van der Waals surface area (Å²) in [7, 11) is 0. The van der Waals surface area contributed by atoms with Crippen LogP contribution in [0, 0.1) is 0 Å². The van der Waals surface area contributed by atoms with Crippen LogP contribution in [0.1, 0.15) is 0 Å². The minimum Gasteiger partial charge on any atom is -0.465 e. The number of carbonyl (C=O) groups excluding carboxylic acids is 1. The second kappa shape index (κ2) is 11.3. The average molecular weight is 268 g/mol. The molecule has 0 heterocycles. The van der Waals surface area contributed by atoms with E-state index in [4.69, 9.17) is 19.7 Å². The first kappa shape index (κ1) is 17.2. The first-order valence-corrected chi connectivity index (χ1v) is 5.46. The van der Waals surface area contributed by atoms with Gasteiger partial charge in [-0.2, -0.15) is 0 Å². The van der Waals surface area contributed by atoms with E-state index in [0.717, 1.165) is 0 Å². The molecule has 0 aromatic rings. The van der Waals surface area contributed by atoms with E-state index in [1.807, 2.05) is 0 Å². The zero-order valence-electron chi connectivity index (χ0n) is 9.97. The van der Waals surface area contributed by atoms with E-state index < -0.39 is 24.9 Å². The van der Waals surface area contributed by atoms with E-state index in [-0.39, 0.29) is 39.5 Å². The molecule has 0 aliphatic carbocycles. The summed E-state index contributed by atoms with van der Waals surface area (Å²) in [6.45, 7) is -0.633. The van der Waals surface area contributed by atoms with Gasteiger partial charge in [-0.05, 0) is 0 Å². The Bertz CT molecular complexity index is 200. The van der Waals surface area contributed by atoms with Crippen LogP contribution in [-0.4, -0.2) is 84.9 Å². The molecule has 0 aliphatic heterocycles. The highest BCUT2D eigenvalue weighted by atomic mass is 16.5. The van der Waals surface area contributed by atoms with Crippen molar-refractivity contribution in [1.82, 2.24) is 0 Å². The van der Waals surface area contributed by atoms with Crippen LogP contribution < -0.4 is 0 Å². The standard InChI is InChI=1S/C10H20O8/c11-1-8(13)2-16-3-9(14)4-17-5-10(15)6-18-7-12/h7-11,13-15H,1-6H2. The zero-order valence-corrected chi connectivity index (χ0v) is 9.97. The molecular formula is C10H20O8. The van der Waals surface area contributed by atoms with Gasteiger partial charge in [0.2, 0.25) is 0 Å². The lowest BCUT2D eigenvalue weighted by Gasteiger charge is -2.15. The lowest BCUT2D eigenvalue weighted by atomic mass is 10.4. The molecule has 0 aromatic carbocycles. The van der Waals surface area contributed by atoms with Crippen LogP contribution in [-0.2, 0) is 19.0 Å². The third-order valence-corrected chi connectivity index (χ3v) is 1.81. The highest BCUT2D eigenvalue weighted by Gasteiger charge is 2.09. The van der Waals surface area contributed by atoms with Crippen LogP contribution in [0.4, 0.5) is 0 Å². The van der Waals surface area contributed by atoms with Gasteiger partial charge in [0.25, 0.3) is 6.47 Å². The van der Waals surface area contributed by atoms with Gasteiger partial charge in [-0.1, -0.05) is 0 Å². The molecule has 3 unspecified atom stereocenters. The molecule has 0 rings (SSSR count). The maximum Gasteiger partial charge on any atom is 0.293 e. The Balaban J connectivity index is 3.41. The van der Waals surface area contributed by atoms with E-state index in [9.17, 15) is 15.0 Å². The summed E-state index contributed by atoms with van der Waals surface area (Å²) < 4.78 is 14.2. The smallest absolute Gasteiger partial charge is 0.293 e. The van der Waals surface area contributed by atoms with Crippen LogP contribution in [0.3, 0.4) is 0 Å². The van der Waals surface area contributed by atoms with E-state index in [0.29, 0.717) is 0 Å². The van der Waals surface area contributed by atoms with Crippen molar-refractivity contribution in [2.24, 2.45) is 0 Å². The maximum absolute atomic E-state index is 9.82. The van der Waals surface area contributed by atoms with Crippen molar-refractivity contribution in [2.45, 2.75) is 18.3 Å². The number of hydrogen-bond acceptors (Lipinski definition) is 8. The molecule has 8 heteroatoms. The van der Waals surface area contributed by atoms with Crippen LogP contribution in [0.25, 0.3) is 0 Å². The maximum atomic E-state index is 9.82. The molecule has 0 spiro atoms. The molecule has 3 atom stereocenters. The topological polar surface area (TPSA) is 126 Å². The van der Waals surface area contributed by atoms with Crippen molar-refractivity contribution in [3.05, 3.63) is 0 Å². The molecule has 0 fully saturated rings. The molecule has 8 nitrogen and oxygen atoms in total. The van der Waals surface area contributed by atoms with Gasteiger partial charge >= 0.3 is 0 Å². The minimum atomic E-state index is -0.972. The molecule has 0 saturated carbocycles. The monoisotopic (exact) mass is 268 g/mol. The molecule has 0 bridgehead atoms. The quantitative estimate of drug-likeness (QED) is 0.281. The van der Waals surface area contributed by atoms with Gasteiger partial charge < -0.3 is 34.6 Å². The zero-order chi connectivity index (χ0) is 13.8. The highest BCUT2D eigenvalue weighted by Crippen LogP contribution is 1.92. The van der Waals surface area contributed by atoms with Gasteiger partial charge in [0.15, 0.2) is 0 Å². The number of aliphatic hydroxyl groups is 4. The Morgan fingerprint density at radius 2 is 1.28 bits per heavy atom. The fourth-order valence-electron chi connectivity index (χ4n) is 0.980.